The molecule has 7 heteroatoms. The average molecular weight is 1140 g/mol. The molecule has 0 amide bonds. The van der Waals surface area contributed by atoms with Gasteiger partial charge in [0.15, 0.2) is 0 Å². The van der Waals surface area contributed by atoms with Crippen LogP contribution in [0.2, 0.25) is 0 Å². The summed E-state index contributed by atoms with van der Waals surface area (Å²) in [5.41, 5.74) is 17.3. The third kappa shape index (κ3) is 7.22. The number of para-hydroxylation sites is 3. The van der Waals surface area contributed by atoms with Crippen molar-refractivity contribution >= 4 is 134 Å². The van der Waals surface area contributed by atoms with Crippen molar-refractivity contribution in [3.63, 3.8) is 0 Å². The summed E-state index contributed by atoms with van der Waals surface area (Å²) < 4.78 is 16.1. The molecule has 0 unspecified atom stereocenters. The molecule has 0 bridgehead atoms. The topological polar surface area (TPSA) is 51.1 Å². The van der Waals surface area contributed by atoms with E-state index in [2.05, 4.69) is 238 Å². The Morgan fingerprint density at radius 2 is 0.862 bits per heavy atom. The van der Waals surface area contributed by atoms with Gasteiger partial charge in [-0.25, -0.2) is 4.85 Å². The van der Waals surface area contributed by atoms with E-state index in [0.717, 1.165) is 136 Å². The highest BCUT2D eigenvalue weighted by atomic mass is 32.1. The fourth-order valence-corrected chi connectivity index (χ4v) is 16.4. The van der Waals surface area contributed by atoms with Crippen molar-refractivity contribution in [1.82, 2.24) is 9.13 Å². The van der Waals surface area contributed by atoms with Gasteiger partial charge in [0.1, 0.15) is 17.2 Å². The van der Waals surface area contributed by atoms with E-state index >= 15 is 0 Å². The SMILES string of the molecule is [C-]#[N+]c1c(-c2ccccc2)c(C#N)c(-n2c3c(ccc4c5cc(-c6ccccc6)ccc5sc43)c3ccc4c5cc(-c6ccccc6)ccc5sc4c32)c(-c2ccccc2)c1-n1c2ccccc2c2ccc(-c3cccc4c3oc3ccccc34)cc21. The van der Waals surface area contributed by atoms with Crippen LogP contribution >= 0.6 is 22.7 Å². The standard InChI is InChI=1S/C80H44N4OS2/c1-82-73-71(49-23-10-4-11-24-49)65(46-81)74(72(50-25-12-5-13-26-50)77(73)83-66-31-16-14-27-55(66)56-36-33-53(45-67(56)83)54-29-18-30-60-57-28-15-17-32-68(57)85-78(54)60)84-75-58(37-39-61-63-43-51(47-19-6-2-7-20-47)34-41-69(63)86-79(61)75)59-38-40-62-64-44-52(48-21-8-3-9-22-48)35-42-70(64)87-80(62)76(59)84/h2-45H. The Morgan fingerprint density at radius 1 is 0.368 bits per heavy atom. The molecule has 0 radical (unpaired) electrons. The number of nitrogens with zero attached hydrogens (tertiary/aromatic N) is 4. The zero-order valence-electron chi connectivity index (χ0n) is 46.4. The fraction of sp³-hybridized carbons (Fsp3) is 0. The van der Waals surface area contributed by atoms with Gasteiger partial charge in [0.25, 0.3) is 0 Å². The number of furan rings is 1. The maximum absolute atomic E-state index is 12.5. The monoisotopic (exact) mass is 1140 g/mol. The second-order valence-electron chi connectivity index (χ2n) is 22.4. The zero-order valence-corrected chi connectivity index (χ0v) is 48.1. The summed E-state index contributed by atoms with van der Waals surface area (Å²) in [7, 11) is 0. The second kappa shape index (κ2) is 19.1. The summed E-state index contributed by atoms with van der Waals surface area (Å²) in [6.45, 7) is 9.64. The smallest absolute Gasteiger partial charge is 0.220 e. The normalized spacial score (nSPS) is 11.9. The van der Waals surface area contributed by atoms with Gasteiger partial charge in [0.2, 0.25) is 5.69 Å². The lowest BCUT2D eigenvalue weighted by Crippen LogP contribution is -2.09. The minimum atomic E-state index is 0.384. The molecule has 0 aliphatic heterocycles. The first-order valence-electron chi connectivity index (χ1n) is 29.1. The number of benzene rings is 13. The summed E-state index contributed by atoms with van der Waals surface area (Å²) in [6.07, 6.45) is 0. The molecule has 0 saturated carbocycles. The van der Waals surface area contributed by atoms with Gasteiger partial charge in [-0.2, -0.15) is 5.26 Å². The highest BCUT2D eigenvalue weighted by molar-refractivity contribution is 7.27. The molecule has 0 saturated heterocycles. The van der Waals surface area contributed by atoms with E-state index in [4.69, 9.17) is 4.42 Å². The predicted octanol–water partition coefficient (Wildman–Crippen LogP) is 23.3. The first-order valence-corrected chi connectivity index (χ1v) is 30.7. The van der Waals surface area contributed by atoms with Crippen LogP contribution in [0.5, 0.6) is 0 Å². The Bertz CT molecular complexity index is 5840. The predicted molar refractivity (Wildman–Crippen MR) is 366 cm³/mol. The van der Waals surface area contributed by atoms with Gasteiger partial charge in [-0.05, 0) is 81.4 Å². The van der Waals surface area contributed by atoms with Crippen LogP contribution in [-0.2, 0) is 0 Å². The Hall–Kier alpha value is -11.3. The Morgan fingerprint density at radius 3 is 1.46 bits per heavy atom. The number of fused-ring (bicyclic) bond motifs is 17. The number of nitriles is 1. The van der Waals surface area contributed by atoms with Crippen LogP contribution in [0.3, 0.4) is 0 Å². The maximum atomic E-state index is 12.5. The van der Waals surface area contributed by atoms with Crippen LogP contribution in [0.25, 0.3) is 178 Å². The third-order valence-corrected chi connectivity index (χ3v) is 20.2. The Kier molecular flexibility index (Phi) is 10.8. The molecule has 0 N–H and O–H groups in total. The Balaban J connectivity index is 1.05. The molecule has 5 aromatic heterocycles. The van der Waals surface area contributed by atoms with Gasteiger partial charge in [0, 0.05) is 80.0 Å². The number of rotatable bonds is 7. The van der Waals surface area contributed by atoms with Crippen molar-refractivity contribution in [2.45, 2.75) is 0 Å². The minimum absolute atomic E-state index is 0.384. The molecule has 0 aliphatic carbocycles. The average Bonchev–Trinajstić information content (AvgIpc) is 1.72. The van der Waals surface area contributed by atoms with Gasteiger partial charge in [-0.3, -0.25) is 0 Å². The van der Waals surface area contributed by atoms with E-state index < -0.39 is 0 Å². The molecule has 402 valence electrons. The maximum Gasteiger partial charge on any atom is 0.220 e. The molecule has 0 spiro atoms. The van der Waals surface area contributed by atoms with Gasteiger partial charge in [0.05, 0.1) is 55.0 Å². The molecular formula is C80H44N4OS2. The summed E-state index contributed by atoms with van der Waals surface area (Å²) in [5.74, 6) is 0. The van der Waals surface area contributed by atoms with Crippen LogP contribution in [0.1, 0.15) is 5.56 Å². The first-order chi connectivity index (χ1) is 43.1. The number of hydrogen-bond donors (Lipinski definition) is 0. The molecule has 5 nitrogen and oxygen atoms in total. The van der Waals surface area contributed by atoms with E-state index in [1.54, 1.807) is 22.7 Å². The summed E-state index contributed by atoms with van der Waals surface area (Å²) in [5, 5.41) is 23.5. The van der Waals surface area contributed by atoms with Gasteiger partial charge < -0.3 is 13.6 Å². The minimum Gasteiger partial charge on any atom is -0.455 e. The van der Waals surface area contributed by atoms with Crippen molar-refractivity contribution in [3.05, 3.63) is 284 Å². The molecule has 18 rings (SSSR count). The van der Waals surface area contributed by atoms with E-state index in [9.17, 15) is 11.8 Å². The number of thiophene rings is 2. The van der Waals surface area contributed by atoms with Crippen LogP contribution in [-0.4, -0.2) is 9.13 Å². The van der Waals surface area contributed by atoms with Crippen LogP contribution in [0.15, 0.2) is 271 Å². The highest BCUT2D eigenvalue weighted by Gasteiger charge is 2.33. The lowest BCUT2D eigenvalue weighted by molar-refractivity contribution is 0.670. The van der Waals surface area contributed by atoms with E-state index in [-0.39, 0.29) is 0 Å². The van der Waals surface area contributed by atoms with E-state index in [0.29, 0.717) is 28.2 Å². The van der Waals surface area contributed by atoms with E-state index in [1.165, 1.54) is 20.2 Å². The van der Waals surface area contributed by atoms with Gasteiger partial charge in [-0.1, -0.05) is 224 Å². The van der Waals surface area contributed by atoms with E-state index in [1.807, 2.05) is 48.5 Å². The van der Waals surface area contributed by atoms with Crippen molar-refractivity contribution in [2.24, 2.45) is 0 Å². The first kappa shape index (κ1) is 49.1. The largest absolute Gasteiger partial charge is 0.455 e. The van der Waals surface area contributed by atoms with Gasteiger partial charge >= 0.3 is 0 Å². The molecule has 0 atom stereocenters. The van der Waals surface area contributed by atoms with Crippen molar-refractivity contribution < 1.29 is 4.42 Å². The van der Waals surface area contributed by atoms with Crippen molar-refractivity contribution in [3.8, 4) is 73.1 Å². The number of aromatic nitrogens is 2. The molecule has 0 aliphatic rings. The quantitative estimate of drug-likeness (QED) is 0.149. The molecule has 13 aromatic carbocycles. The lowest BCUT2D eigenvalue weighted by atomic mass is 9.88. The second-order valence-corrected chi connectivity index (χ2v) is 24.5. The van der Waals surface area contributed by atoms with Crippen LogP contribution < -0.4 is 0 Å². The van der Waals surface area contributed by atoms with Crippen molar-refractivity contribution in [1.29, 1.82) is 5.26 Å². The lowest BCUT2D eigenvalue weighted by Gasteiger charge is -2.26. The fourth-order valence-electron chi connectivity index (χ4n) is 14.0. The summed E-state index contributed by atoms with van der Waals surface area (Å²) in [4.78, 5) is 4.69. The van der Waals surface area contributed by atoms with Crippen LogP contribution in [0, 0.1) is 17.9 Å². The summed E-state index contributed by atoms with van der Waals surface area (Å²) in [6, 6.07) is 97.5. The third-order valence-electron chi connectivity index (χ3n) is 17.8. The van der Waals surface area contributed by atoms with Crippen LogP contribution in [0.4, 0.5) is 5.69 Å². The van der Waals surface area contributed by atoms with Crippen molar-refractivity contribution in [2.75, 3.05) is 0 Å². The molecule has 18 aromatic rings. The zero-order chi connectivity index (χ0) is 57.4. The molecular weight excluding hydrogens is 1100 g/mol. The van der Waals surface area contributed by atoms with Gasteiger partial charge in [-0.15, -0.1) is 22.7 Å². The molecule has 87 heavy (non-hydrogen) atoms. The number of hydrogen-bond acceptors (Lipinski definition) is 4. The molecule has 0 fully saturated rings. The highest BCUT2D eigenvalue weighted by Crippen LogP contribution is 2.55. The summed E-state index contributed by atoms with van der Waals surface area (Å²) >= 11 is 3.60. The Labute approximate surface area is 506 Å². The molecule has 5 heterocycles.